The molecule has 0 aliphatic heterocycles. The van der Waals surface area contributed by atoms with Gasteiger partial charge in [0, 0.05) is 11.6 Å². The number of benzene rings is 2. The fourth-order valence-corrected chi connectivity index (χ4v) is 2.38. The molecule has 2 rings (SSSR count). The summed E-state index contributed by atoms with van der Waals surface area (Å²) in [4.78, 5) is 0. The number of hydrogen-bond acceptors (Lipinski definition) is 2. The molecule has 0 radical (unpaired) electrons. The highest BCUT2D eigenvalue weighted by atomic mass is 19.1. The number of rotatable bonds is 6. The molecule has 0 aliphatic rings. The minimum absolute atomic E-state index is 0.105. The second-order valence-electron chi connectivity index (χ2n) is 4.86. The Balaban J connectivity index is 2.08. The minimum Gasteiger partial charge on any atom is -0.497 e. The van der Waals surface area contributed by atoms with E-state index < -0.39 is 11.6 Å². The van der Waals surface area contributed by atoms with Crippen LogP contribution in [0.5, 0.6) is 5.75 Å². The summed E-state index contributed by atoms with van der Waals surface area (Å²) in [7, 11) is 3.33. The summed E-state index contributed by atoms with van der Waals surface area (Å²) < 4.78 is 32.7. The van der Waals surface area contributed by atoms with Crippen molar-refractivity contribution >= 4 is 0 Å². The van der Waals surface area contributed by atoms with Gasteiger partial charge in [0.1, 0.15) is 17.4 Å². The second-order valence-corrected chi connectivity index (χ2v) is 4.86. The zero-order valence-corrected chi connectivity index (χ0v) is 12.2. The van der Waals surface area contributed by atoms with E-state index in [9.17, 15) is 8.78 Å². The fraction of sp³-hybridized carbons (Fsp3) is 0.294. The van der Waals surface area contributed by atoms with Gasteiger partial charge in [-0.3, -0.25) is 0 Å². The molecule has 0 heterocycles. The zero-order chi connectivity index (χ0) is 15.2. The summed E-state index contributed by atoms with van der Waals surface area (Å²) in [5.41, 5.74) is 1.21. The second kappa shape index (κ2) is 7.18. The Hall–Kier alpha value is -1.94. The maximum absolute atomic E-state index is 13.8. The Morgan fingerprint density at radius 3 is 2.19 bits per heavy atom. The van der Waals surface area contributed by atoms with Gasteiger partial charge in [-0.25, -0.2) is 8.78 Å². The molecular weight excluding hydrogens is 272 g/mol. The van der Waals surface area contributed by atoms with Gasteiger partial charge in [-0.2, -0.15) is 0 Å². The third-order valence-corrected chi connectivity index (χ3v) is 3.58. The first-order valence-electron chi connectivity index (χ1n) is 6.89. The molecule has 0 fully saturated rings. The first-order chi connectivity index (χ1) is 10.2. The third kappa shape index (κ3) is 3.79. The van der Waals surface area contributed by atoms with Crippen LogP contribution in [0.4, 0.5) is 8.78 Å². The molecule has 1 unspecified atom stereocenters. The Morgan fingerprint density at radius 1 is 1.05 bits per heavy atom. The van der Waals surface area contributed by atoms with Crippen LogP contribution < -0.4 is 10.1 Å². The van der Waals surface area contributed by atoms with E-state index in [1.54, 1.807) is 14.2 Å². The Morgan fingerprint density at radius 2 is 1.67 bits per heavy atom. The lowest BCUT2D eigenvalue weighted by Gasteiger charge is -2.18. The number of halogens is 2. The molecule has 0 aliphatic carbocycles. The highest BCUT2D eigenvalue weighted by Crippen LogP contribution is 2.25. The van der Waals surface area contributed by atoms with Crippen LogP contribution in [0.3, 0.4) is 0 Å². The minimum atomic E-state index is -0.510. The average molecular weight is 291 g/mol. The van der Waals surface area contributed by atoms with Crippen LogP contribution >= 0.6 is 0 Å². The van der Waals surface area contributed by atoms with E-state index in [2.05, 4.69) is 5.32 Å². The molecule has 2 nitrogen and oxygen atoms in total. The van der Waals surface area contributed by atoms with Crippen molar-refractivity contribution in [1.29, 1.82) is 0 Å². The van der Waals surface area contributed by atoms with Crippen molar-refractivity contribution in [2.24, 2.45) is 0 Å². The van der Waals surface area contributed by atoms with Gasteiger partial charge in [0.25, 0.3) is 0 Å². The Bertz CT molecular complexity index is 564. The van der Waals surface area contributed by atoms with Gasteiger partial charge in [0.2, 0.25) is 0 Å². The molecule has 0 aromatic heterocycles. The summed E-state index contributed by atoms with van der Waals surface area (Å²) in [6, 6.07) is 11.3. The predicted octanol–water partition coefficient (Wildman–Crippen LogP) is 3.87. The van der Waals surface area contributed by atoms with Crippen molar-refractivity contribution in [3.05, 3.63) is 65.2 Å². The van der Waals surface area contributed by atoms with Gasteiger partial charge < -0.3 is 10.1 Å². The number of methoxy groups -OCH3 is 1. The van der Waals surface area contributed by atoms with Crippen LogP contribution in [-0.2, 0) is 6.42 Å². The molecule has 112 valence electrons. The molecule has 0 saturated carbocycles. The topological polar surface area (TPSA) is 21.3 Å². The first kappa shape index (κ1) is 15.4. The zero-order valence-electron chi connectivity index (χ0n) is 12.2. The van der Waals surface area contributed by atoms with Gasteiger partial charge in [-0.1, -0.05) is 18.2 Å². The van der Waals surface area contributed by atoms with Crippen LogP contribution in [-0.4, -0.2) is 14.2 Å². The molecule has 1 atom stereocenters. The maximum atomic E-state index is 13.8. The van der Waals surface area contributed by atoms with E-state index in [4.69, 9.17) is 4.74 Å². The molecule has 1 N–H and O–H groups in total. The van der Waals surface area contributed by atoms with E-state index in [1.807, 2.05) is 24.3 Å². The van der Waals surface area contributed by atoms with E-state index in [0.29, 0.717) is 6.42 Å². The molecule has 0 spiro atoms. The molecule has 0 amide bonds. The van der Waals surface area contributed by atoms with E-state index in [1.165, 1.54) is 18.2 Å². The van der Waals surface area contributed by atoms with Gasteiger partial charge in [-0.15, -0.1) is 0 Å². The van der Waals surface area contributed by atoms with Gasteiger partial charge in [0.15, 0.2) is 0 Å². The highest BCUT2D eigenvalue weighted by Gasteiger charge is 2.18. The molecule has 4 heteroatoms. The summed E-state index contributed by atoms with van der Waals surface area (Å²) >= 11 is 0. The lowest BCUT2D eigenvalue weighted by molar-refractivity contribution is 0.414. The normalized spacial score (nSPS) is 12.2. The number of ether oxygens (including phenoxy) is 1. The van der Waals surface area contributed by atoms with Gasteiger partial charge in [0.05, 0.1) is 7.11 Å². The molecule has 2 aromatic carbocycles. The molecule has 0 bridgehead atoms. The standard InChI is InChI=1S/C17H19F2NO/c1-20-16(17-14(18)4-3-5-15(17)19)11-8-12-6-9-13(21-2)10-7-12/h3-7,9-10,16,20H,8,11H2,1-2H3. The van der Waals surface area contributed by atoms with Crippen molar-refractivity contribution in [2.75, 3.05) is 14.2 Å². The Kier molecular flexibility index (Phi) is 5.28. The molecule has 0 saturated heterocycles. The third-order valence-electron chi connectivity index (χ3n) is 3.58. The lowest BCUT2D eigenvalue weighted by atomic mass is 9.98. The SMILES string of the molecule is CNC(CCc1ccc(OC)cc1)c1c(F)cccc1F. The fourth-order valence-electron chi connectivity index (χ4n) is 2.38. The van der Waals surface area contributed by atoms with Gasteiger partial charge in [-0.05, 0) is 49.7 Å². The summed E-state index contributed by atoms with van der Waals surface area (Å²) in [5, 5.41) is 2.99. The summed E-state index contributed by atoms with van der Waals surface area (Å²) in [6.45, 7) is 0. The van der Waals surface area contributed by atoms with Crippen LogP contribution in [0.2, 0.25) is 0 Å². The summed E-state index contributed by atoms with van der Waals surface area (Å²) in [5.74, 6) is -0.225. The quantitative estimate of drug-likeness (QED) is 0.872. The predicted molar refractivity (Wildman–Crippen MR) is 79.5 cm³/mol. The maximum Gasteiger partial charge on any atom is 0.130 e. The van der Waals surface area contributed by atoms with Crippen molar-refractivity contribution in [3.63, 3.8) is 0 Å². The van der Waals surface area contributed by atoms with E-state index >= 15 is 0 Å². The van der Waals surface area contributed by atoms with Crippen molar-refractivity contribution in [1.82, 2.24) is 5.32 Å². The van der Waals surface area contributed by atoms with Crippen LogP contribution in [0, 0.1) is 11.6 Å². The highest BCUT2D eigenvalue weighted by molar-refractivity contribution is 5.28. The smallest absolute Gasteiger partial charge is 0.130 e. The van der Waals surface area contributed by atoms with Crippen LogP contribution in [0.1, 0.15) is 23.6 Å². The van der Waals surface area contributed by atoms with Crippen molar-refractivity contribution < 1.29 is 13.5 Å². The monoisotopic (exact) mass is 291 g/mol. The van der Waals surface area contributed by atoms with Crippen molar-refractivity contribution in [2.45, 2.75) is 18.9 Å². The van der Waals surface area contributed by atoms with Crippen molar-refractivity contribution in [3.8, 4) is 5.75 Å². The van der Waals surface area contributed by atoms with Gasteiger partial charge >= 0.3 is 0 Å². The number of hydrogen-bond donors (Lipinski definition) is 1. The number of nitrogens with one attached hydrogen (secondary N) is 1. The summed E-state index contributed by atoms with van der Waals surface area (Å²) in [6.07, 6.45) is 1.34. The Labute approximate surface area is 123 Å². The van der Waals surface area contributed by atoms with E-state index in [-0.39, 0.29) is 11.6 Å². The lowest BCUT2D eigenvalue weighted by Crippen LogP contribution is -2.20. The number of aryl methyl sites for hydroxylation is 1. The van der Waals surface area contributed by atoms with E-state index in [0.717, 1.165) is 17.7 Å². The average Bonchev–Trinajstić information content (AvgIpc) is 2.50. The molecule has 2 aromatic rings. The molecular formula is C17H19F2NO. The van der Waals surface area contributed by atoms with Crippen LogP contribution in [0.15, 0.2) is 42.5 Å². The largest absolute Gasteiger partial charge is 0.497 e. The van der Waals surface area contributed by atoms with Crippen LogP contribution in [0.25, 0.3) is 0 Å². The molecule has 21 heavy (non-hydrogen) atoms. The first-order valence-corrected chi connectivity index (χ1v) is 6.89.